The number of hydrogen-bond acceptors (Lipinski definition) is 0. The lowest BCUT2D eigenvalue weighted by molar-refractivity contribution is 0.524. The number of hydrogen-bond donors (Lipinski definition) is 0. The summed E-state index contributed by atoms with van der Waals surface area (Å²) in [5, 5.41) is 1.32. The molecule has 2 rings (SSSR count). The van der Waals surface area contributed by atoms with E-state index >= 15 is 0 Å². The second kappa shape index (κ2) is 4.40. The third-order valence-electron chi connectivity index (χ3n) is 2.68. The molecule has 0 aliphatic carbocycles. The van der Waals surface area contributed by atoms with Gasteiger partial charge in [0, 0.05) is 22.7 Å². The zero-order valence-electron chi connectivity index (χ0n) is 9.20. The van der Waals surface area contributed by atoms with Crippen LogP contribution in [0.1, 0.15) is 20.3 Å². The van der Waals surface area contributed by atoms with Crippen molar-refractivity contribution in [2.24, 2.45) is 5.92 Å². The molecule has 0 spiro atoms. The van der Waals surface area contributed by atoms with Crippen LogP contribution in [0.5, 0.6) is 0 Å². The van der Waals surface area contributed by atoms with Gasteiger partial charge in [-0.2, -0.15) is 0 Å². The van der Waals surface area contributed by atoms with Gasteiger partial charge in [-0.1, -0.05) is 35.8 Å². The molecule has 1 aromatic carbocycles. The van der Waals surface area contributed by atoms with Gasteiger partial charge in [-0.05, 0) is 35.9 Å². The van der Waals surface area contributed by atoms with Gasteiger partial charge in [0.2, 0.25) is 0 Å². The van der Waals surface area contributed by atoms with Gasteiger partial charge in [-0.25, -0.2) is 0 Å². The molecule has 15 heavy (non-hydrogen) atoms. The lowest BCUT2D eigenvalue weighted by atomic mass is 10.1. The van der Waals surface area contributed by atoms with Gasteiger partial charge in [0.15, 0.2) is 0 Å². The molecule has 0 bridgehead atoms. The van der Waals surface area contributed by atoms with Crippen LogP contribution < -0.4 is 0 Å². The number of halogens is 1. The molecule has 0 aliphatic heterocycles. The fraction of sp³-hybridized carbons (Fsp3) is 0.385. The summed E-state index contributed by atoms with van der Waals surface area (Å²) in [6.45, 7) is 5.64. The fourth-order valence-electron chi connectivity index (χ4n) is 1.75. The Hall–Kier alpha value is -0.760. The molecule has 0 unspecified atom stereocenters. The molecule has 0 saturated heterocycles. The predicted molar refractivity (Wildman–Crippen MR) is 69.1 cm³/mol. The highest BCUT2D eigenvalue weighted by molar-refractivity contribution is 9.10. The van der Waals surface area contributed by atoms with E-state index < -0.39 is 0 Å². The molecule has 0 atom stereocenters. The topological polar surface area (TPSA) is 4.93 Å². The zero-order chi connectivity index (χ0) is 10.8. The van der Waals surface area contributed by atoms with Crippen molar-refractivity contribution in [1.82, 2.24) is 4.57 Å². The quantitative estimate of drug-likeness (QED) is 0.773. The van der Waals surface area contributed by atoms with Crippen LogP contribution in [0, 0.1) is 5.92 Å². The first-order valence-corrected chi connectivity index (χ1v) is 6.20. The van der Waals surface area contributed by atoms with E-state index in [2.05, 4.69) is 64.8 Å². The monoisotopic (exact) mass is 265 g/mol. The van der Waals surface area contributed by atoms with E-state index in [0.717, 1.165) is 16.9 Å². The van der Waals surface area contributed by atoms with E-state index in [1.54, 1.807) is 0 Å². The molecule has 1 nitrogen and oxygen atoms in total. The van der Waals surface area contributed by atoms with E-state index in [4.69, 9.17) is 0 Å². The third kappa shape index (κ3) is 2.43. The molecule has 1 heterocycles. The standard InChI is InChI=1S/C13H16BrN/c1-10(2)5-7-15-8-6-11-3-4-12(14)9-13(11)15/h3-4,6,8-10H,5,7H2,1-2H3. The zero-order valence-corrected chi connectivity index (χ0v) is 10.8. The minimum absolute atomic E-state index is 0.759. The van der Waals surface area contributed by atoms with Crippen LogP contribution in [0.15, 0.2) is 34.9 Å². The number of aryl methyl sites for hydroxylation is 1. The molecule has 0 amide bonds. The Bertz CT molecular complexity index is 457. The lowest BCUT2D eigenvalue weighted by Crippen LogP contribution is -1.99. The molecule has 0 aliphatic rings. The Balaban J connectivity index is 2.31. The van der Waals surface area contributed by atoms with Crippen LogP contribution in [0.3, 0.4) is 0 Å². The summed E-state index contributed by atoms with van der Waals surface area (Å²) < 4.78 is 3.49. The van der Waals surface area contributed by atoms with Crippen LogP contribution in [-0.2, 0) is 6.54 Å². The molecule has 1 aromatic heterocycles. The molecule has 0 saturated carbocycles. The minimum Gasteiger partial charge on any atom is -0.347 e. The van der Waals surface area contributed by atoms with Crippen molar-refractivity contribution in [2.45, 2.75) is 26.8 Å². The first-order chi connectivity index (χ1) is 7.16. The number of aromatic nitrogens is 1. The van der Waals surface area contributed by atoms with Crippen LogP contribution >= 0.6 is 15.9 Å². The second-order valence-electron chi connectivity index (χ2n) is 4.39. The number of fused-ring (bicyclic) bond motifs is 1. The maximum atomic E-state index is 3.52. The Kier molecular flexibility index (Phi) is 3.15. The SMILES string of the molecule is CC(C)CCn1ccc2ccc(Br)cc21. The van der Waals surface area contributed by atoms with Gasteiger partial charge >= 0.3 is 0 Å². The Morgan fingerprint density at radius 2 is 2.07 bits per heavy atom. The van der Waals surface area contributed by atoms with Crippen molar-refractivity contribution in [2.75, 3.05) is 0 Å². The maximum Gasteiger partial charge on any atom is 0.0491 e. The fourth-order valence-corrected chi connectivity index (χ4v) is 2.10. The van der Waals surface area contributed by atoms with Crippen LogP contribution in [0.25, 0.3) is 10.9 Å². The highest BCUT2D eigenvalue weighted by Gasteiger charge is 2.02. The van der Waals surface area contributed by atoms with E-state index in [1.807, 2.05) is 0 Å². The lowest BCUT2D eigenvalue weighted by Gasteiger charge is -2.07. The number of rotatable bonds is 3. The molecular weight excluding hydrogens is 250 g/mol. The summed E-state index contributed by atoms with van der Waals surface area (Å²) in [6.07, 6.45) is 3.41. The average molecular weight is 266 g/mol. The van der Waals surface area contributed by atoms with Crippen molar-refractivity contribution < 1.29 is 0 Å². The predicted octanol–water partition coefficient (Wildman–Crippen LogP) is 4.45. The van der Waals surface area contributed by atoms with Crippen molar-refractivity contribution in [3.05, 3.63) is 34.9 Å². The van der Waals surface area contributed by atoms with Gasteiger partial charge in [-0.15, -0.1) is 0 Å². The van der Waals surface area contributed by atoms with Crippen molar-refractivity contribution in [3.8, 4) is 0 Å². The molecule has 0 radical (unpaired) electrons. The Labute approximate surface area is 99.2 Å². The van der Waals surface area contributed by atoms with Crippen molar-refractivity contribution >= 4 is 26.8 Å². The summed E-state index contributed by atoms with van der Waals surface area (Å²) in [7, 11) is 0. The van der Waals surface area contributed by atoms with E-state index in [9.17, 15) is 0 Å². The second-order valence-corrected chi connectivity index (χ2v) is 5.31. The smallest absolute Gasteiger partial charge is 0.0491 e. The molecule has 0 fully saturated rings. The van der Waals surface area contributed by atoms with Crippen LogP contribution in [-0.4, -0.2) is 4.57 Å². The van der Waals surface area contributed by atoms with Gasteiger partial charge < -0.3 is 4.57 Å². The van der Waals surface area contributed by atoms with Crippen LogP contribution in [0.2, 0.25) is 0 Å². The first-order valence-electron chi connectivity index (χ1n) is 5.41. The summed E-state index contributed by atoms with van der Waals surface area (Å²) in [5.41, 5.74) is 1.32. The van der Waals surface area contributed by atoms with E-state index in [0.29, 0.717) is 0 Å². The van der Waals surface area contributed by atoms with Gasteiger partial charge in [0.05, 0.1) is 0 Å². The molecular formula is C13H16BrN. The summed E-state index contributed by atoms with van der Waals surface area (Å²) in [4.78, 5) is 0. The third-order valence-corrected chi connectivity index (χ3v) is 3.18. The first kappa shape index (κ1) is 10.7. The summed E-state index contributed by atoms with van der Waals surface area (Å²) in [5.74, 6) is 0.759. The maximum absolute atomic E-state index is 3.52. The average Bonchev–Trinajstić information content (AvgIpc) is 2.57. The summed E-state index contributed by atoms with van der Waals surface area (Å²) >= 11 is 3.52. The highest BCUT2D eigenvalue weighted by atomic mass is 79.9. The van der Waals surface area contributed by atoms with Gasteiger partial charge in [-0.3, -0.25) is 0 Å². The van der Waals surface area contributed by atoms with Gasteiger partial charge in [0.1, 0.15) is 0 Å². The highest BCUT2D eigenvalue weighted by Crippen LogP contribution is 2.21. The molecule has 80 valence electrons. The normalized spacial score (nSPS) is 11.5. The largest absolute Gasteiger partial charge is 0.347 e. The van der Waals surface area contributed by atoms with Crippen molar-refractivity contribution in [3.63, 3.8) is 0 Å². The van der Waals surface area contributed by atoms with Crippen molar-refractivity contribution in [1.29, 1.82) is 0 Å². The minimum atomic E-state index is 0.759. The number of nitrogens with zero attached hydrogens (tertiary/aromatic N) is 1. The molecule has 2 heteroatoms. The van der Waals surface area contributed by atoms with Crippen LogP contribution in [0.4, 0.5) is 0 Å². The van der Waals surface area contributed by atoms with Gasteiger partial charge in [0.25, 0.3) is 0 Å². The van der Waals surface area contributed by atoms with E-state index in [-0.39, 0.29) is 0 Å². The Morgan fingerprint density at radius 1 is 1.27 bits per heavy atom. The van der Waals surface area contributed by atoms with E-state index in [1.165, 1.54) is 17.3 Å². The molecule has 2 aromatic rings. The Morgan fingerprint density at radius 3 is 2.80 bits per heavy atom. The molecule has 0 N–H and O–H groups in total. The number of benzene rings is 1. The summed E-state index contributed by atoms with van der Waals surface area (Å²) in [6, 6.07) is 8.62.